The standard InChI is InChI=1S/C15H22N2O3.ClH/c1-20-14-5-3-2-4-12(14)13(18)9-17-15(19)10-16-8-11-6-7-11;/h2-5,11,13,16,18H,6-10H2,1H3,(H,17,19);1H. The van der Waals surface area contributed by atoms with Gasteiger partial charge in [0.15, 0.2) is 0 Å². The second-order valence-electron chi connectivity index (χ2n) is 5.14. The summed E-state index contributed by atoms with van der Waals surface area (Å²) in [7, 11) is 1.56. The fourth-order valence-electron chi connectivity index (χ4n) is 2.04. The van der Waals surface area contributed by atoms with Crippen molar-refractivity contribution >= 4 is 18.3 Å². The topological polar surface area (TPSA) is 70.6 Å². The van der Waals surface area contributed by atoms with Crippen molar-refractivity contribution in [2.45, 2.75) is 18.9 Å². The third-order valence-corrected chi connectivity index (χ3v) is 3.41. The van der Waals surface area contributed by atoms with Crippen LogP contribution in [-0.2, 0) is 4.79 Å². The van der Waals surface area contributed by atoms with Crippen LogP contribution in [0.5, 0.6) is 5.75 Å². The molecule has 3 N–H and O–H groups in total. The molecule has 5 nitrogen and oxygen atoms in total. The predicted molar refractivity (Wildman–Crippen MR) is 83.8 cm³/mol. The number of benzene rings is 1. The highest BCUT2D eigenvalue weighted by Gasteiger charge is 2.20. The number of carbonyl (C=O) groups excluding carboxylic acids is 1. The summed E-state index contributed by atoms with van der Waals surface area (Å²) < 4.78 is 5.19. The van der Waals surface area contributed by atoms with E-state index in [4.69, 9.17) is 4.74 Å². The second kappa shape index (κ2) is 8.87. The zero-order chi connectivity index (χ0) is 14.4. The Morgan fingerprint density at radius 1 is 1.43 bits per heavy atom. The smallest absolute Gasteiger partial charge is 0.234 e. The van der Waals surface area contributed by atoms with Gasteiger partial charge in [-0.2, -0.15) is 0 Å². The van der Waals surface area contributed by atoms with Gasteiger partial charge in [0, 0.05) is 12.1 Å². The Balaban J connectivity index is 0.00000220. The number of aliphatic hydroxyl groups is 1. The Bertz CT molecular complexity index is 452. The first-order valence-electron chi connectivity index (χ1n) is 6.99. The van der Waals surface area contributed by atoms with Crippen molar-refractivity contribution in [3.8, 4) is 5.75 Å². The van der Waals surface area contributed by atoms with Crippen LogP contribution in [0.25, 0.3) is 0 Å². The third kappa shape index (κ3) is 5.91. The highest BCUT2D eigenvalue weighted by molar-refractivity contribution is 5.85. The van der Waals surface area contributed by atoms with Crippen LogP contribution in [0.1, 0.15) is 24.5 Å². The molecule has 1 amide bonds. The van der Waals surface area contributed by atoms with Gasteiger partial charge in [-0.25, -0.2) is 0 Å². The van der Waals surface area contributed by atoms with Gasteiger partial charge in [0.05, 0.1) is 19.8 Å². The Hall–Kier alpha value is -1.30. The molecule has 1 aromatic rings. The highest BCUT2D eigenvalue weighted by atomic mass is 35.5. The molecule has 0 radical (unpaired) electrons. The molecule has 0 aromatic heterocycles. The maximum absolute atomic E-state index is 11.6. The van der Waals surface area contributed by atoms with Gasteiger partial charge < -0.3 is 20.5 Å². The lowest BCUT2D eigenvalue weighted by Crippen LogP contribution is -2.36. The van der Waals surface area contributed by atoms with Crippen LogP contribution in [0.4, 0.5) is 0 Å². The van der Waals surface area contributed by atoms with Crippen molar-refractivity contribution in [3.05, 3.63) is 29.8 Å². The van der Waals surface area contributed by atoms with E-state index in [0.29, 0.717) is 17.9 Å². The minimum absolute atomic E-state index is 0. The molecule has 0 bridgehead atoms. The van der Waals surface area contributed by atoms with E-state index in [0.717, 1.165) is 12.5 Å². The summed E-state index contributed by atoms with van der Waals surface area (Å²) in [5.41, 5.74) is 0.682. The fraction of sp³-hybridized carbons (Fsp3) is 0.533. The summed E-state index contributed by atoms with van der Waals surface area (Å²) in [4.78, 5) is 11.6. The van der Waals surface area contributed by atoms with Crippen LogP contribution in [0.3, 0.4) is 0 Å². The Morgan fingerprint density at radius 2 is 2.14 bits per heavy atom. The summed E-state index contributed by atoms with van der Waals surface area (Å²) in [6.45, 7) is 1.39. The number of hydrogen-bond donors (Lipinski definition) is 3. The fourth-order valence-corrected chi connectivity index (χ4v) is 2.04. The second-order valence-corrected chi connectivity index (χ2v) is 5.14. The van der Waals surface area contributed by atoms with E-state index < -0.39 is 6.10 Å². The Morgan fingerprint density at radius 3 is 2.81 bits per heavy atom. The predicted octanol–water partition coefficient (Wildman–Crippen LogP) is 1.27. The van der Waals surface area contributed by atoms with Gasteiger partial charge in [0.1, 0.15) is 5.75 Å². The SMILES string of the molecule is COc1ccccc1C(O)CNC(=O)CNCC1CC1.Cl. The van der Waals surface area contributed by atoms with E-state index >= 15 is 0 Å². The van der Waals surface area contributed by atoms with E-state index in [-0.39, 0.29) is 24.9 Å². The van der Waals surface area contributed by atoms with E-state index in [9.17, 15) is 9.90 Å². The zero-order valence-electron chi connectivity index (χ0n) is 12.2. The van der Waals surface area contributed by atoms with Crippen molar-refractivity contribution < 1.29 is 14.6 Å². The van der Waals surface area contributed by atoms with Crippen molar-refractivity contribution in [1.82, 2.24) is 10.6 Å². The van der Waals surface area contributed by atoms with Crippen LogP contribution >= 0.6 is 12.4 Å². The number of amides is 1. The van der Waals surface area contributed by atoms with Gasteiger partial charge >= 0.3 is 0 Å². The largest absolute Gasteiger partial charge is 0.496 e. The number of hydrogen-bond acceptors (Lipinski definition) is 4. The van der Waals surface area contributed by atoms with Crippen molar-refractivity contribution in [2.75, 3.05) is 26.7 Å². The van der Waals surface area contributed by atoms with Crippen LogP contribution in [0.15, 0.2) is 24.3 Å². The van der Waals surface area contributed by atoms with E-state index in [1.54, 1.807) is 19.2 Å². The number of rotatable bonds is 8. The first-order valence-corrected chi connectivity index (χ1v) is 6.99. The Kier molecular flexibility index (Phi) is 7.50. The lowest BCUT2D eigenvalue weighted by atomic mass is 10.1. The van der Waals surface area contributed by atoms with Crippen LogP contribution in [0.2, 0.25) is 0 Å². The Labute approximate surface area is 131 Å². The maximum atomic E-state index is 11.6. The molecule has 1 saturated carbocycles. The maximum Gasteiger partial charge on any atom is 0.234 e. The molecule has 1 aliphatic carbocycles. The molecular formula is C15H23ClN2O3. The highest BCUT2D eigenvalue weighted by Crippen LogP contribution is 2.27. The first kappa shape index (κ1) is 17.8. The number of nitrogens with one attached hydrogen (secondary N) is 2. The normalized spacial score (nSPS) is 15.0. The molecule has 21 heavy (non-hydrogen) atoms. The molecule has 0 spiro atoms. The van der Waals surface area contributed by atoms with Gasteiger partial charge in [-0.15, -0.1) is 12.4 Å². The quantitative estimate of drug-likeness (QED) is 0.676. The minimum Gasteiger partial charge on any atom is -0.496 e. The minimum atomic E-state index is -0.765. The molecular weight excluding hydrogens is 292 g/mol. The van der Waals surface area contributed by atoms with Crippen molar-refractivity contribution in [2.24, 2.45) is 5.92 Å². The summed E-state index contributed by atoms with van der Waals surface area (Å²) in [6, 6.07) is 7.26. The molecule has 0 heterocycles. The van der Waals surface area contributed by atoms with Crippen molar-refractivity contribution in [1.29, 1.82) is 0 Å². The number of methoxy groups -OCH3 is 1. The summed E-state index contributed by atoms with van der Waals surface area (Å²) >= 11 is 0. The molecule has 118 valence electrons. The number of carbonyl (C=O) groups is 1. The number of para-hydroxylation sites is 1. The lowest BCUT2D eigenvalue weighted by molar-refractivity contribution is -0.120. The summed E-state index contributed by atoms with van der Waals surface area (Å²) in [5.74, 6) is 1.28. The third-order valence-electron chi connectivity index (χ3n) is 3.41. The van der Waals surface area contributed by atoms with Crippen molar-refractivity contribution in [3.63, 3.8) is 0 Å². The van der Waals surface area contributed by atoms with Gasteiger partial charge in [0.25, 0.3) is 0 Å². The molecule has 1 fully saturated rings. The van der Waals surface area contributed by atoms with Gasteiger partial charge in [-0.1, -0.05) is 18.2 Å². The van der Waals surface area contributed by atoms with Crippen LogP contribution < -0.4 is 15.4 Å². The molecule has 0 saturated heterocycles. The van der Waals surface area contributed by atoms with Gasteiger partial charge in [-0.05, 0) is 31.4 Å². The van der Waals surface area contributed by atoms with E-state index in [1.807, 2.05) is 12.1 Å². The average molecular weight is 315 g/mol. The lowest BCUT2D eigenvalue weighted by Gasteiger charge is -2.15. The molecule has 0 aliphatic heterocycles. The summed E-state index contributed by atoms with van der Waals surface area (Å²) in [5, 5.41) is 15.9. The molecule has 1 atom stereocenters. The van der Waals surface area contributed by atoms with Gasteiger partial charge in [-0.3, -0.25) is 4.79 Å². The van der Waals surface area contributed by atoms with E-state index in [2.05, 4.69) is 10.6 Å². The van der Waals surface area contributed by atoms with Crippen LogP contribution in [0, 0.1) is 5.92 Å². The number of halogens is 1. The molecule has 1 aromatic carbocycles. The number of aliphatic hydroxyl groups excluding tert-OH is 1. The number of ether oxygens (including phenoxy) is 1. The molecule has 1 aliphatic rings. The van der Waals surface area contributed by atoms with E-state index in [1.165, 1.54) is 12.8 Å². The van der Waals surface area contributed by atoms with Crippen LogP contribution in [-0.4, -0.2) is 37.8 Å². The summed E-state index contributed by atoms with van der Waals surface area (Å²) in [6.07, 6.45) is 1.76. The molecule has 6 heteroatoms. The molecule has 1 unspecified atom stereocenters. The van der Waals surface area contributed by atoms with Gasteiger partial charge in [0.2, 0.25) is 5.91 Å². The average Bonchev–Trinajstić information content (AvgIpc) is 3.29. The zero-order valence-corrected chi connectivity index (χ0v) is 13.0. The first-order chi connectivity index (χ1) is 9.70. The molecule has 2 rings (SSSR count). The monoisotopic (exact) mass is 314 g/mol.